The summed E-state index contributed by atoms with van der Waals surface area (Å²) in [5.74, 6) is -0.498. The van der Waals surface area contributed by atoms with Gasteiger partial charge in [0.2, 0.25) is 0 Å². The van der Waals surface area contributed by atoms with E-state index in [4.69, 9.17) is 14.2 Å². The summed E-state index contributed by atoms with van der Waals surface area (Å²) in [7, 11) is 1.55. The molecule has 1 N–H and O–H groups in total. The number of methoxy groups -OCH3 is 1. The number of hydrogen-bond donors (Lipinski definition) is 1. The number of benzene rings is 2. The number of aromatic nitrogens is 2. The molecule has 0 unspecified atom stereocenters. The van der Waals surface area contributed by atoms with Crippen LogP contribution < -0.4 is 24.4 Å². The number of rotatable bonds is 9. The van der Waals surface area contributed by atoms with E-state index in [0.29, 0.717) is 38.7 Å². The molecule has 228 valence electrons. The third kappa shape index (κ3) is 5.46. The van der Waals surface area contributed by atoms with E-state index in [1.54, 1.807) is 57.4 Å². The van der Waals surface area contributed by atoms with Crippen molar-refractivity contribution in [1.82, 2.24) is 9.13 Å². The Hall–Kier alpha value is -4.90. The Bertz CT molecular complexity index is 1980. The zero-order chi connectivity index (χ0) is 31.7. The van der Waals surface area contributed by atoms with E-state index in [1.165, 1.54) is 15.9 Å². The Labute approximate surface area is 257 Å². The second-order valence-electron chi connectivity index (χ2n) is 10.2. The molecule has 3 heterocycles. The van der Waals surface area contributed by atoms with E-state index >= 15 is 0 Å². The van der Waals surface area contributed by atoms with Crippen LogP contribution in [0.4, 0.5) is 0 Å². The van der Waals surface area contributed by atoms with Crippen molar-refractivity contribution in [3.05, 3.63) is 108 Å². The monoisotopic (exact) mass is 615 g/mol. The Morgan fingerprint density at radius 2 is 1.75 bits per heavy atom. The molecule has 4 aromatic rings. The summed E-state index contributed by atoms with van der Waals surface area (Å²) in [6, 6.07) is 13.2. The van der Waals surface area contributed by atoms with Gasteiger partial charge in [0, 0.05) is 17.1 Å². The lowest BCUT2D eigenvalue weighted by atomic mass is 9.95. The molecule has 0 aliphatic carbocycles. The molecule has 0 bridgehead atoms. The van der Waals surface area contributed by atoms with Crippen LogP contribution in [0.2, 0.25) is 0 Å². The SMILES string of the molecule is CCOC(=O)C1=C(C)N=c2s/c(=C/c3cc(C)n(-c4ccc(C(=O)O)cc4)c3C)c(=O)n2[C@H]1c1ccc(OC)c(OCC)c1. The molecule has 44 heavy (non-hydrogen) atoms. The number of carboxylic acids is 1. The first kappa shape index (κ1) is 30.6. The lowest BCUT2D eigenvalue weighted by molar-refractivity contribution is -0.139. The van der Waals surface area contributed by atoms with Gasteiger partial charge in [-0.05, 0) is 94.3 Å². The van der Waals surface area contributed by atoms with Crippen LogP contribution >= 0.6 is 11.3 Å². The number of aromatic carboxylic acids is 1. The van der Waals surface area contributed by atoms with Crippen LogP contribution in [0, 0.1) is 13.8 Å². The number of fused-ring (bicyclic) bond motifs is 1. The third-order valence-corrected chi connectivity index (χ3v) is 8.43. The van der Waals surface area contributed by atoms with Crippen LogP contribution in [0.1, 0.15) is 59.7 Å². The topological polar surface area (TPSA) is 121 Å². The Kier molecular flexibility index (Phi) is 8.59. The van der Waals surface area contributed by atoms with Gasteiger partial charge in [-0.25, -0.2) is 14.6 Å². The van der Waals surface area contributed by atoms with E-state index in [0.717, 1.165) is 22.6 Å². The quantitative estimate of drug-likeness (QED) is 0.279. The second-order valence-corrected chi connectivity index (χ2v) is 11.2. The van der Waals surface area contributed by atoms with E-state index < -0.39 is 18.0 Å². The summed E-state index contributed by atoms with van der Waals surface area (Å²) in [6.45, 7) is 9.82. The van der Waals surface area contributed by atoms with Gasteiger partial charge in [-0.2, -0.15) is 0 Å². The fourth-order valence-electron chi connectivity index (χ4n) is 5.46. The van der Waals surface area contributed by atoms with Crippen LogP contribution in [-0.4, -0.2) is 46.5 Å². The molecule has 1 aliphatic heterocycles. The number of carbonyl (C=O) groups is 2. The first-order chi connectivity index (χ1) is 21.1. The molecule has 2 aromatic carbocycles. The zero-order valence-corrected chi connectivity index (χ0v) is 26.2. The molecule has 0 radical (unpaired) electrons. The summed E-state index contributed by atoms with van der Waals surface area (Å²) in [5.41, 5.74) is 4.76. The van der Waals surface area contributed by atoms with Gasteiger partial charge in [0.15, 0.2) is 16.3 Å². The maximum atomic E-state index is 14.1. The molecule has 1 aliphatic rings. The first-order valence-corrected chi connectivity index (χ1v) is 14.9. The largest absolute Gasteiger partial charge is 0.493 e. The molecule has 1 atom stereocenters. The van der Waals surface area contributed by atoms with Crippen molar-refractivity contribution in [1.29, 1.82) is 0 Å². The van der Waals surface area contributed by atoms with Gasteiger partial charge in [-0.1, -0.05) is 17.4 Å². The molecule has 0 fully saturated rings. The molecule has 10 nitrogen and oxygen atoms in total. The highest BCUT2D eigenvalue weighted by atomic mass is 32.1. The first-order valence-electron chi connectivity index (χ1n) is 14.1. The molecule has 5 rings (SSSR count). The summed E-state index contributed by atoms with van der Waals surface area (Å²) in [6.07, 6.45) is 1.83. The van der Waals surface area contributed by atoms with Gasteiger partial charge in [0.25, 0.3) is 5.56 Å². The zero-order valence-electron chi connectivity index (χ0n) is 25.3. The highest BCUT2D eigenvalue weighted by Crippen LogP contribution is 2.36. The van der Waals surface area contributed by atoms with Crippen molar-refractivity contribution in [2.75, 3.05) is 20.3 Å². The van der Waals surface area contributed by atoms with Gasteiger partial charge in [0.1, 0.15) is 0 Å². The summed E-state index contributed by atoms with van der Waals surface area (Å²) in [4.78, 5) is 43.8. The molecule has 2 aromatic heterocycles. The minimum atomic E-state index is -0.989. The van der Waals surface area contributed by atoms with Crippen molar-refractivity contribution < 1.29 is 28.9 Å². The smallest absolute Gasteiger partial charge is 0.338 e. The number of ether oxygens (including phenoxy) is 3. The third-order valence-electron chi connectivity index (χ3n) is 7.45. The molecule has 0 spiro atoms. The van der Waals surface area contributed by atoms with Crippen LogP contribution in [-0.2, 0) is 9.53 Å². The predicted octanol–water partition coefficient (Wildman–Crippen LogP) is 4.31. The Morgan fingerprint density at radius 1 is 1.02 bits per heavy atom. The summed E-state index contributed by atoms with van der Waals surface area (Å²) < 4.78 is 20.7. The van der Waals surface area contributed by atoms with Crippen molar-refractivity contribution in [3.63, 3.8) is 0 Å². The maximum absolute atomic E-state index is 14.1. The van der Waals surface area contributed by atoms with Crippen molar-refractivity contribution in [2.45, 2.75) is 40.7 Å². The fourth-order valence-corrected chi connectivity index (χ4v) is 6.50. The average molecular weight is 616 g/mol. The molecular formula is C33H33N3O7S. The number of esters is 1. The number of carbonyl (C=O) groups excluding carboxylic acids is 1. The highest BCUT2D eigenvalue weighted by molar-refractivity contribution is 7.07. The van der Waals surface area contributed by atoms with Gasteiger partial charge in [-0.3, -0.25) is 9.36 Å². The second kappa shape index (κ2) is 12.4. The standard InChI is InChI=1S/C33H33N3O7S/c1-7-42-26-16-22(11-14-25(26)41-6)29-28(32(40)43-8-2)19(4)34-33-36(29)30(37)27(44-33)17-23-15-18(3)35(20(23)5)24-12-9-21(10-13-24)31(38)39/h9-17,29H,7-8H2,1-6H3,(H,38,39)/b27-17+/t29-/m0/s1. The predicted molar refractivity (Wildman–Crippen MR) is 167 cm³/mol. The van der Waals surface area contributed by atoms with Gasteiger partial charge in [0.05, 0.1) is 47.7 Å². The van der Waals surface area contributed by atoms with E-state index in [1.807, 2.05) is 43.5 Å². The Balaban J connectivity index is 1.67. The number of hydrogen-bond acceptors (Lipinski definition) is 8. The fraction of sp³-hybridized carbons (Fsp3) is 0.273. The van der Waals surface area contributed by atoms with E-state index in [2.05, 4.69) is 4.99 Å². The van der Waals surface area contributed by atoms with Crippen molar-refractivity contribution >= 4 is 29.4 Å². The molecular weight excluding hydrogens is 582 g/mol. The number of aryl methyl sites for hydroxylation is 1. The number of carboxylic acid groups (broad SMARTS) is 1. The van der Waals surface area contributed by atoms with Gasteiger partial charge in [-0.15, -0.1) is 0 Å². The van der Waals surface area contributed by atoms with Gasteiger partial charge < -0.3 is 23.9 Å². The van der Waals surface area contributed by atoms with E-state index in [-0.39, 0.29) is 23.3 Å². The average Bonchev–Trinajstić information content (AvgIpc) is 3.45. The number of nitrogens with zero attached hydrogens (tertiary/aromatic N) is 3. The maximum Gasteiger partial charge on any atom is 0.338 e. The number of allylic oxidation sites excluding steroid dienone is 1. The van der Waals surface area contributed by atoms with Crippen LogP contribution in [0.15, 0.2) is 69.6 Å². The number of thiazole rings is 1. The van der Waals surface area contributed by atoms with E-state index in [9.17, 15) is 19.5 Å². The summed E-state index contributed by atoms with van der Waals surface area (Å²) >= 11 is 1.24. The van der Waals surface area contributed by atoms with Crippen molar-refractivity contribution in [2.24, 2.45) is 4.99 Å². The highest BCUT2D eigenvalue weighted by Gasteiger charge is 2.34. The van der Waals surface area contributed by atoms with Crippen LogP contribution in [0.5, 0.6) is 11.5 Å². The Morgan fingerprint density at radius 3 is 2.39 bits per heavy atom. The summed E-state index contributed by atoms with van der Waals surface area (Å²) in [5, 5.41) is 9.27. The lowest BCUT2D eigenvalue weighted by Crippen LogP contribution is -2.40. The van der Waals surface area contributed by atoms with Gasteiger partial charge >= 0.3 is 11.9 Å². The lowest BCUT2D eigenvalue weighted by Gasteiger charge is -2.25. The minimum absolute atomic E-state index is 0.175. The van der Waals surface area contributed by atoms with Crippen LogP contribution in [0.3, 0.4) is 0 Å². The van der Waals surface area contributed by atoms with Crippen LogP contribution in [0.25, 0.3) is 11.8 Å². The molecule has 0 amide bonds. The normalized spacial score (nSPS) is 14.7. The molecule has 11 heteroatoms. The van der Waals surface area contributed by atoms with Crippen molar-refractivity contribution in [3.8, 4) is 17.2 Å². The molecule has 0 saturated heterocycles. The minimum Gasteiger partial charge on any atom is -0.493 e. The molecule has 0 saturated carbocycles.